The number of anilines is 1. The number of carbonyl (C=O) groups is 2. The van der Waals surface area contributed by atoms with Crippen LogP contribution in [0.25, 0.3) is 0 Å². The highest BCUT2D eigenvalue weighted by atomic mass is 32.1. The number of ether oxygens (including phenoxy) is 2. The van der Waals surface area contributed by atoms with Crippen molar-refractivity contribution in [3.05, 3.63) is 39.8 Å². The second-order valence-corrected chi connectivity index (χ2v) is 9.50. The van der Waals surface area contributed by atoms with Crippen molar-refractivity contribution in [1.29, 1.82) is 0 Å². The number of carbonyl (C=O) groups excluding carboxylic acids is 2. The lowest BCUT2D eigenvalue weighted by molar-refractivity contribution is -0.121. The van der Waals surface area contributed by atoms with Crippen molar-refractivity contribution in [2.75, 3.05) is 25.1 Å². The summed E-state index contributed by atoms with van der Waals surface area (Å²) in [7, 11) is 0. The largest absolute Gasteiger partial charge is 0.486 e. The standard InChI is InChI=1S/C23H27N3O4S/c1-13(22(28)25-23-20(21(24)27)15-4-2-6-19(15)31-23)26-9-3-5-16(26)14-7-8-17-18(12-14)30-11-10-29-17/h7-8,12-13,16H,2-6,9-11H2,1H3,(H2,24,27)(H,25,28)/t13-,16+/m0/s1. The van der Waals surface area contributed by atoms with E-state index >= 15 is 0 Å². The van der Waals surface area contributed by atoms with Crippen LogP contribution in [0.15, 0.2) is 18.2 Å². The molecule has 0 radical (unpaired) electrons. The minimum Gasteiger partial charge on any atom is -0.486 e. The lowest BCUT2D eigenvalue weighted by Gasteiger charge is -2.30. The second kappa shape index (κ2) is 8.16. The van der Waals surface area contributed by atoms with E-state index in [4.69, 9.17) is 15.2 Å². The van der Waals surface area contributed by atoms with Crippen molar-refractivity contribution in [2.24, 2.45) is 5.73 Å². The second-order valence-electron chi connectivity index (χ2n) is 8.39. The van der Waals surface area contributed by atoms with Gasteiger partial charge in [0.25, 0.3) is 5.91 Å². The van der Waals surface area contributed by atoms with E-state index in [1.807, 2.05) is 19.1 Å². The molecule has 0 spiro atoms. The highest BCUT2D eigenvalue weighted by Crippen LogP contribution is 2.41. The average molecular weight is 442 g/mol. The van der Waals surface area contributed by atoms with E-state index in [2.05, 4.69) is 16.3 Å². The number of aryl methyl sites for hydroxylation is 1. The summed E-state index contributed by atoms with van der Waals surface area (Å²) in [5.74, 6) is 0.978. The van der Waals surface area contributed by atoms with E-state index in [1.54, 1.807) is 0 Å². The first-order valence-electron chi connectivity index (χ1n) is 10.9. The molecule has 1 fully saturated rings. The summed E-state index contributed by atoms with van der Waals surface area (Å²) in [6.45, 7) is 3.89. The van der Waals surface area contributed by atoms with E-state index in [-0.39, 0.29) is 18.0 Å². The number of likely N-dealkylation sites (tertiary alicyclic amines) is 1. The van der Waals surface area contributed by atoms with Gasteiger partial charge in [-0.3, -0.25) is 14.5 Å². The Hall–Kier alpha value is -2.58. The van der Waals surface area contributed by atoms with Crippen LogP contribution in [0, 0.1) is 0 Å². The minimum absolute atomic E-state index is 0.105. The molecule has 7 nitrogen and oxygen atoms in total. The molecule has 2 aliphatic heterocycles. The van der Waals surface area contributed by atoms with Gasteiger partial charge in [0, 0.05) is 10.9 Å². The Morgan fingerprint density at radius 3 is 2.81 bits per heavy atom. The smallest absolute Gasteiger partial charge is 0.251 e. The summed E-state index contributed by atoms with van der Waals surface area (Å²) in [6.07, 6.45) is 4.85. The molecule has 0 saturated carbocycles. The van der Waals surface area contributed by atoms with E-state index in [0.29, 0.717) is 23.8 Å². The van der Waals surface area contributed by atoms with E-state index in [9.17, 15) is 9.59 Å². The lowest BCUT2D eigenvalue weighted by Crippen LogP contribution is -2.41. The van der Waals surface area contributed by atoms with Crippen molar-refractivity contribution in [2.45, 2.75) is 51.1 Å². The zero-order valence-corrected chi connectivity index (χ0v) is 18.4. The fraction of sp³-hybridized carbons (Fsp3) is 0.478. The molecule has 1 saturated heterocycles. The number of fused-ring (bicyclic) bond motifs is 2. The summed E-state index contributed by atoms with van der Waals surface area (Å²) >= 11 is 1.50. The monoisotopic (exact) mass is 441 g/mol. The van der Waals surface area contributed by atoms with Gasteiger partial charge in [0.15, 0.2) is 11.5 Å². The zero-order chi connectivity index (χ0) is 21.5. The number of hydrogen-bond acceptors (Lipinski definition) is 6. The van der Waals surface area contributed by atoms with Gasteiger partial charge in [-0.05, 0) is 68.8 Å². The van der Waals surface area contributed by atoms with Gasteiger partial charge in [-0.2, -0.15) is 0 Å². The van der Waals surface area contributed by atoms with Crippen LogP contribution in [0.1, 0.15) is 58.6 Å². The van der Waals surface area contributed by atoms with Crippen LogP contribution >= 0.6 is 11.3 Å². The summed E-state index contributed by atoms with van der Waals surface area (Å²) in [5, 5.41) is 3.61. The molecule has 2 aromatic rings. The molecule has 164 valence electrons. The van der Waals surface area contributed by atoms with Crippen molar-refractivity contribution in [3.63, 3.8) is 0 Å². The van der Waals surface area contributed by atoms with Crippen molar-refractivity contribution >= 4 is 28.2 Å². The molecule has 0 bridgehead atoms. The first-order valence-corrected chi connectivity index (χ1v) is 11.7. The van der Waals surface area contributed by atoms with Gasteiger partial charge in [-0.1, -0.05) is 6.07 Å². The minimum atomic E-state index is -0.460. The third-order valence-electron chi connectivity index (χ3n) is 6.53. The van der Waals surface area contributed by atoms with Crippen molar-refractivity contribution in [3.8, 4) is 11.5 Å². The number of hydrogen-bond donors (Lipinski definition) is 2. The van der Waals surface area contributed by atoms with Crippen LogP contribution in [-0.4, -0.2) is 42.5 Å². The van der Waals surface area contributed by atoms with E-state index in [0.717, 1.165) is 61.3 Å². The normalized spacial score (nSPS) is 21.0. The third kappa shape index (κ3) is 3.68. The third-order valence-corrected chi connectivity index (χ3v) is 7.73. The predicted molar refractivity (Wildman–Crippen MR) is 119 cm³/mol. The molecule has 1 aliphatic carbocycles. The Bertz CT molecular complexity index is 1030. The Morgan fingerprint density at radius 1 is 1.19 bits per heavy atom. The number of nitrogens with zero attached hydrogens (tertiary/aromatic N) is 1. The molecular weight excluding hydrogens is 414 g/mol. The van der Waals surface area contributed by atoms with Gasteiger partial charge < -0.3 is 20.5 Å². The number of nitrogens with one attached hydrogen (secondary N) is 1. The zero-order valence-electron chi connectivity index (χ0n) is 17.6. The fourth-order valence-electron chi connectivity index (χ4n) is 5.00. The first-order chi connectivity index (χ1) is 15.0. The molecule has 1 aromatic heterocycles. The summed E-state index contributed by atoms with van der Waals surface area (Å²) in [5.41, 5.74) is 8.30. The van der Waals surface area contributed by atoms with Gasteiger partial charge in [0.1, 0.15) is 18.2 Å². The Kier molecular flexibility index (Phi) is 5.35. The van der Waals surface area contributed by atoms with E-state index in [1.165, 1.54) is 16.2 Å². The Morgan fingerprint density at radius 2 is 2.00 bits per heavy atom. The number of nitrogens with two attached hydrogens (primary N) is 1. The van der Waals surface area contributed by atoms with Gasteiger partial charge in [0.05, 0.1) is 11.6 Å². The van der Waals surface area contributed by atoms with Crippen molar-refractivity contribution in [1.82, 2.24) is 4.90 Å². The van der Waals surface area contributed by atoms with Crippen LogP contribution in [0.2, 0.25) is 0 Å². The van der Waals surface area contributed by atoms with Crippen LogP contribution in [0.4, 0.5) is 5.00 Å². The maximum Gasteiger partial charge on any atom is 0.251 e. The molecule has 3 aliphatic rings. The molecule has 31 heavy (non-hydrogen) atoms. The van der Waals surface area contributed by atoms with Gasteiger partial charge in [-0.25, -0.2) is 0 Å². The summed E-state index contributed by atoms with van der Waals surface area (Å²) < 4.78 is 11.4. The highest BCUT2D eigenvalue weighted by molar-refractivity contribution is 7.17. The highest BCUT2D eigenvalue weighted by Gasteiger charge is 2.35. The van der Waals surface area contributed by atoms with E-state index < -0.39 is 5.91 Å². The number of benzene rings is 1. The topological polar surface area (TPSA) is 93.9 Å². The van der Waals surface area contributed by atoms with Crippen LogP contribution in [0.5, 0.6) is 11.5 Å². The number of primary amides is 1. The molecule has 3 heterocycles. The number of thiophene rings is 1. The number of amides is 2. The number of rotatable bonds is 5. The molecular formula is C23H27N3O4S. The maximum absolute atomic E-state index is 13.2. The molecule has 2 atom stereocenters. The molecule has 2 amide bonds. The Labute approximate surface area is 185 Å². The van der Waals surface area contributed by atoms with Crippen molar-refractivity contribution < 1.29 is 19.1 Å². The molecule has 8 heteroatoms. The van der Waals surface area contributed by atoms with Gasteiger partial charge >= 0.3 is 0 Å². The predicted octanol–water partition coefficient (Wildman–Crippen LogP) is 3.27. The molecule has 3 N–H and O–H groups in total. The summed E-state index contributed by atoms with van der Waals surface area (Å²) in [6, 6.07) is 5.86. The fourth-order valence-corrected chi connectivity index (χ4v) is 6.30. The molecule has 1 aromatic carbocycles. The quantitative estimate of drug-likeness (QED) is 0.743. The van der Waals surface area contributed by atoms with Gasteiger partial charge in [0.2, 0.25) is 5.91 Å². The van der Waals surface area contributed by atoms with Crippen LogP contribution in [-0.2, 0) is 17.6 Å². The lowest BCUT2D eigenvalue weighted by atomic mass is 10.0. The van der Waals surface area contributed by atoms with Crippen LogP contribution < -0.4 is 20.5 Å². The maximum atomic E-state index is 13.2. The van der Waals surface area contributed by atoms with Gasteiger partial charge in [-0.15, -0.1) is 11.3 Å². The average Bonchev–Trinajstić information content (AvgIpc) is 3.48. The molecule has 0 unspecified atom stereocenters. The molecule has 5 rings (SSSR count). The SMILES string of the molecule is C[C@@H](C(=O)Nc1sc2c(c1C(N)=O)CCC2)N1CCC[C@@H]1c1ccc2c(c1)OCCO2. The summed E-state index contributed by atoms with van der Waals surface area (Å²) in [4.78, 5) is 28.6. The first kappa shape index (κ1) is 20.3. The Balaban J connectivity index is 1.34. The van der Waals surface area contributed by atoms with Crippen LogP contribution in [0.3, 0.4) is 0 Å².